The van der Waals surface area contributed by atoms with Gasteiger partial charge in [-0.15, -0.1) is 0 Å². The Kier molecular flexibility index (Phi) is 4.50. The van der Waals surface area contributed by atoms with Crippen LogP contribution in [0.5, 0.6) is 0 Å². The zero-order chi connectivity index (χ0) is 15.4. The molecule has 1 unspecified atom stereocenters. The minimum atomic E-state index is -0.449. The number of carbonyl (C=O) groups excluding carboxylic acids is 1. The molecule has 6 nitrogen and oxygen atoms in total. The molecule has 6 heteroatoms. The molecule has 0 spiro atoms. The van der Waals surface area contributed by atoms with Crippen molar-refractivity contribution in [2.24, 2.45) is 0 Å². The SMILES string of the molecule is COC(=O)c1ccc(CN2CCNCC2c2cccnc2)o1. The number of hydrogen-bond donors (Lipinski definition) is 1. The molecule has 0 aromatic carbocycles. The quantitative estimate of drug-likeness (QED) is 0.865. The predicted molar refractivity (Wildman–Crippen MR) is 80.3 cm³/mol. The number of piperazine rings is 1. The first-order valence-electron chi connectivity index (χ1n) is 7.29. The molecule has 3 heterocycles. The Bertz CT molecular complexity index is 627. The highest BCUT2D eigenvalue weighted by Gasteiger charge is 2.25. The second kappa shape index (κ2) is 6.72. The highest BCUT2D eigenvalue weighted by Crippen LogP contribution is 2.24. The number of ether oxygens (including phenoxy) is 1. The summed E-state index contributed by atoms with van der Waals surface area (Å²) in [5, 5.41) is 3.41. The Morgan fingerprint density at radius 1 is 1.50 bits per heavy atom. The molecule has 0 radical (unpaired) electrons. The van der Waals surface area contributed by atoms with E-state index in [1.807, 2.05) is 18.3 Å². The number of carbonyl (C=O) groups is 1. The van der Waals surface area contributed by atoms with Gasteiger partial charge in [-0.25, -0.2) is 4.79 Å². The molecule has 1 atom stereocenters. The van der Waals surface area contributed by atoms with E-state index in [1.54, 1.807) is 12.3 Å². The molecule has 1 saturated heterocycles. The van der Waals surface area contributed by atoms with Crippen molar-refractivity contribution in [2.75, 3.05) is 26.7 Å². The zero-order valence-electron chi connectivity index (χ0n) is 12.5. The van der Waals surface area contributed by atoms with Gasteiger partial charge in [-0.05, 0) is 23.8 Å². The molecule has 1 fully saturated rings. The molecule has 3 rings (SSSR count). The summed E-state index contributed by atoms with van der Waals surface area (Å²) in [6, 6.07) is 7.76. The van der Waals surface area contributed by atoms with Gasteiger partial charge in [-0.3, -0.25) is 9.88 Å². The normalized spacial score (nSPS) is 19.0. The number of aromatic nitrogens is 1. The van der Waals surface area contributed by atoms with E-state index < -0.39 is 5.97 Å². The summed E-state index contributed by atoms with van der Waals surface area (Å²) in [6.07, 6.45) is 3.67. The van der Waals surface area contributed by atoms with Crippen LogP contribution in [0.1, 0.15) is 27.9 Å². The van der Waals surface area contributed by atoms with Crippen LogP contribution in [-0.2, 0) is 11.3 Å². The first-order chi connectivity index (χ1) is 10.8. The molecule has 2 aromatic rings. The van der Waals surface area contributed by atoms with Crippen LogP contribution in [0.2, 0.25) is 0 Å². The zero-order valence-corrected chi connectivity index (χ0v) is 12.5. The van der Waals surface area contributed by atoms with Gasteiger partial charge >= 0.3 is 5.97 Å². The van der Waals surface area contributed by atoms with E-state index in [0.29, 0.717) is 6.54 Å². The topological polar surface area (TPSA) is 67.6 Å². The fourth-order valence-electron chi connectivity index (χ4n) is 2.71. The van der Waals surface area contributed by atoms with Gasteiger partial charge in [0.25, 0.3) is 0 Å². The summed E-state index contributed by atoms with van der Waals surface area (Å²) in [5.74, 6) is 0.553. The lowest BCUT2D eigenvalue weighted by Crippen LogP contribution is -2.45. The summed E-state index contributed by atoms with van der Waals surface area (Å²) in [6.45, 7) is 3.36. The van der Waals surface area contributed by atoms with Crippen molar-refractivity contribution >= 4 is 5.97 Å². The van der Waals surface area contributed by atoms with Gasteiger partial charge in [0.2, 0.25) is 5.76 Å². The van der Waals surface area contributed by atoms with E-state index in [-0.39, 0.29) is 11.8 Å². The third-order valence-electron chi connectivity index (χ3n) is 3.83. The van der Waals surface area contributed by atoms with Gasteiger partial charge in [-0.1, -0.05) is 6.07 Å². The summed E-state index contributed by atoms with van der Waals surface area (Å²) < 4.78 is 10.2. The van der Waals surface area contributed by atoms with Crippen molar-refractivity contribution in [1.82, 2.24) is 15.2 Å². The minimum absolute atomic E-state index is 0.241. The van der Waals surface area contributed by atoms with Crippen LogP contribution in [0, 0.1) is 0 Å². The summed E-state index contributed by atoms with van der Waals surface area (Å²) in [7, 11) is 1.35. The number of hydrogen-bond acceptors (Lipinski definition) is 6. The number of pyridine rings is 1. The van der Waals surface area contributed by atoms with Gasteiger partial charge in [-0.2, -0.15) is 0 Å². The Balaban J connectivity index is 1.74. The molecule has 1 aliphatic rings. The first kappa shape index (κ1) is 14.7. The molecule has 22 heavy (non-hydrogen) atoms. The van der Waals surface area contributed by atoms with Gasteiger partial charge < -0.3 is 14.5 Å². The van der Waals surface area contributed by atoms with Crippen LogP contribution in [-0.4, -0.2) is 42.6 Å². The standard InChI is InChI=1S/C16H19N3O3/c1-21-16(20)15-5-4-13(22-15)11-19-8-7-18-10-14(19)12-3-2-6-17-9-12/h2-6,9,14,18H,7-8,10-11H2,1H3. The molecule has 116 valence electrons. The largest absolute Gasteiger partial charge is 0.463 e. The maximum absolute atomic E-state index is 11.5. The molecule has 0 bridgehead atoms. The lowest BCUT2D eigenvalue weighted by molar-refractivity contribution is 0.0559. The lowest BCUT2D eigenvalue weighted by atomic mass is 10.1. The Morgan fingerprint density at radius 3 is 3.18 bits per heavy atom. The number of furan rings is 1. The molecule has 0 aliphatic carbocycles. The number of rotatable bonds is 4. The highest BCUT2D eigenvalue weighted by molar-refractivity contribution is 5.86. The molecule has 0 amide bonds. The van der Waals surface area contributed by atoms with Crippen LogP contribution in [0.4, 0.5) is 0 Å². The minimum Gasteiger partial charge on any atom is -0.463 e. The lowest BCUT2D eigenvalue weighted by Gasteiger charge is -2.35. The third kappa shape index (κ3) is 3.18. The maximum Gasteiger partial charge on any atom is 0.373 e. The third-order valence-corrected chi connectivity index (χ3v) is 3.83. The van der Waals surface area contributed by atoms with Crippen LogP contribution in [0.3, 0.4) is 0 Å². The van der Waals surface area contributed by atoms with Crippen LogP contribution in [0.25, 0.3) is 0 Å². The maximum atomic E-state index is 11.5. The average Bonchev–Trinajstić information content (AvgIpc) is 3.04. The predicted octanol–water partition coefficient (Wildman–Crippen LogP) is 1.61. The molecular formula is C16H19N3O3. The van der Waals surface area contributed by atoms with E-state index >= 15 is 0 Å². The van der Waals surface area contributed by atoms with Crippen molar-refractivity contribution in [3.05, 3.63) is 53.7 Å². The monoisotopic (exact) mass is 301 g/mol. The van der Waals surface area contributed by atoms with Crippen molar-refractivity contribution in [3.63, 3.8) is 0 Å². The van der Waals surface area contributed by atoms with Crippen molar-refractivity contribution < 1.29 is 13.9 Å². The van der Waals surface area contributed by atoms with E-state index in [0.717, 1.165) is 25.4 Å². The van der Waals surface area contributed by atoms with Gasteiger partial charge in [0.1, 0.15) is 5.76 Å². The second-order valence-corrected chi connectivity index (χ2v) is 5.23. The van der Waals surface area contributed by atoms with Gasteiger partial charge in [0.15, 0.2) is 0 Å². The van der Waals surface area contributed by atoms with Crippen LogP contribution in [0.15, 0.2) is 41.1 Å². The summed E-state index contributed by atoms with van der Waals surface area (Å²) >= 11 is 0. The number of nitrogens with one attached hydrogen (secondary N) is 1. The smallest absolute Gasteiger partial charge is 0.373 e. The first-order valence-corrected chi connectivity index (χ1v) is 7.29. The fourth-order valence-corrected chi connectivity index (χ4v) is 2.71. The summed E-state index contributed by atoms with van der Waals surface area (Å²) in [5.41, 5.74) is 1.18. The highest BCUT2D eigenvalue weighted by atomic mass is 16.5. The van der Waals surface area contributed by atoms with E-state index in [1.165, 1.54) is 12.7 Å². The van der Waals surface area contributed by atoms with E-state index in [2.05, 4.69) is 26.0 Å². The number of methoxy groups -OCH3 is 1. The van der Waals surface area contributed by atoms with Gasteiger partial charge in [0.05, 0.1) is 13.7 Å². The molecule has 1 aliphatic heterocycles. The fraction of sp³-hybridized carbons (Fsp3) is 0.375. The van der Waals surface area contributed by atoms with Crippen LogP contribution < -0.4 is 5.32 Å². The molecular weight excluding hydrogens is 282 g/mol. The van der Waals surface area contributed by atoms with Crippen LogP contribution >= 0.6 is 0 Å². The molecule has 1 N–H and O–H groups in total. The second-order valence-electron chi connectivity index (χ2n) is 5.23. The number of nitrogens with zero attached hydrogens (tertiary/aromatic N) is 2. The van der Waals surface area contributed by atoms with E-state index in [4.69, 9.17) is 4.42 Å². The van der Waals surface area contributed by atoms with E-state index in [9.17, 15) is 4.79 Å². The number of esters is 1. The van der Waals surface area contributed by atoms with Crippen molar-refractivity contribution in [3.8, 4) is 0 Å². The Morgan fingerprint density at radius 2 is 2.41 bits per heavy atom. The Hall–Kier alpha value is -2.18. The average molecular weight is 301 g/mol. The van der Waals surface area contributed by atoms with Crippen molar-refractivity contribution in [2.45, 2.75) is 12.6 Å². The van der Waals surface area contributed by atoms with Gasteiger partial charge in [0, 0.05) is 38.1 Å². The molecule has 0 saturated carbocycles. The Labute approximate surface area is 129 Å². The molecule has 2 aromatic heterocycles. The van der Waals surface area contributed by atoms with Crippen molar-refractivity contribution in [1.29, 1.82) is 0 Å². The summed E-state index contributed by atoms with van der Waals surface area (Å²) in [4.78, 5) is 18.0.